The van der Waals surface area contributed by atoms with Crippen molar-refractivity contribution in [3.8, 4) is 11.5 Å². The van der Waals surface area contributed by atoms with Crippen LogP contribution in [0.5, 0.6) is 11.5 Å². The summed E-state index contributed by atoms with van der Waals surface area (Å²) in [6.45, 7) is 11.0. The third kappa shape index (κ3) is 6.78. The van der Waals surface area contributed by atoms with Gasteiger partial charge in [-0.2, -0.15) is 0 Å². The molecule has 6 nitrogen and oxygen atoms in total. The molecule has 0 aliphatic rings. The van der Waals surface area contributed by atoms with Gasteiger partial charge in [-0.3, -0.25) is 0 Å². The Morgan fingerprint density at radius 2 is 1.97 bits per heavy atom. The average molecular weight is 417 g/mol. The van der Waals surface area contributed by atoms with Crippen LogP contribution < -0.4 is 15.8 Å². The second kappa shape index (κ2) is 12.1. The van der Waals surface area contributed by atoms with E-state index >= 15 is 0 Å². The first-order valence-corrected chi connectivity index (χ1v) is 10.0. The quantitative estimate of drug-likeness (QED) is 0.494. The van der Waals surface area contributed by atoms with E-state index in [1.54, 1.807) is 6.07 Å². The number of hydrogen-bond donors (Lipinski definition) is 2. The van der Waals surface area contributed by atoms with Gasteiger partial charge in [0.05, 0.1) is 24.2 Å². The molecule has 7 heteroatoms. The molecule has 0 atom stereocenters. The van der Waals surface area contributed by atoms with Gasteiger partial charge >= 0.3 is 0 Å². The number of nitrogens with two attached hydrogens (primary N) is 1. The van der Waals surface area contributed by atoms with Crippen molar-refractivity contribution in [2.75, 3.05) is 19.8 Å². The standard InChI is InChI=1S/C20H24ClN3O2.C2H5N/c1-3-22-14-20-23-18-9-8-17(26-16-7-5-6-15(21)12-16)13-19(18)24(20)10-11-25-4-2;1-2-3/h5-9,12-13,22H,3-4,10-11,14H2,1-2H3;2H,1,3H2. The zero-order valence-corrected chi connectivity index (χ0v) is 17.8. The number of benzene rings is 2. The van der Waals surface area contributed by atoms with Crippen molar-refractivity contribution in [2.24, 2.45) is 5.73 Å². The molecule has 1 aromatic heterocycles. The molecule has 29 heavy (non-hydrogen) atoms. The molecule has 0 fully saturated rings. The fraction of sp³-hybridized carbons (Fsp3) is 0.318. The lowest BCUT2D eigenvalue weighted by atomic mass is 10.3. The third-order valence-corrected chi connectivity index (χ3v) is 4.26. The number of imidazole rings is 1. The fourth-order valence-electron chi connectivity index (χ4n) is 2.80. The molecule has 3 N–H and O–H groups in total. The summed E-state index contributed by atoms with van der Waals surface area (Å²) in [6, 6.07) is 13.3. The van der Waals surface area contributed by atoms with Crippen LogP contribution >= 0.6 is 11.6 Å². The Balaban J connectivity index is 0.000000941. The van der Waals surface area contributed by atoms with Crippen molar-refractivity contribution < 1.29 is 9.47 Å². The van der Waals surface area contributed by atoms with E-state index in [-0.39, 0.29) is 0 Å². The van der Waals surface area contributed by atoms with Crippen LogP contribution in [0.2, 0.25) is 5.02 Å². The predicted molar refractivity (Wildman–Crippen MR) is 120 cm³/mol. The van der Waals surface area contributed by atoms with Gasteiger partial charge < -0.3 is 25.1 Å². The summed E-state index contributed by atoms with van der Waals surface area (Å²) in [5.41, 5.74) is 6.60. The van der Waals surface area contributed by atoms with Crippen molar-refractivity contribution >= 4 is 22.6 Å². The summed E-state index contributed by atoms with van der Waals surface area (Å²) in [5.74, 6) is 2.47. The van der Waals surface area contributed by atoms with E-state index in [4.69, 9.17) is 26.1 Å². The van der Waals surface area contributed by atoms with E-state index in [1.807, 2.05) is 43.3 Å². The molecule has 2 aromatic carbocycles. The van der Waals surface area contributed by atoms with Gasteiger partial charge in [0.2, 0.25) is 0 Å². The van der Waals surface area contributed by atoms with Crippen molar-refractivity contribution in [3.05, 3.63) is 66.1 Å². The Labute approximate surface area is 177 Å². The number of aromatic nitrogens is 2. The minimum atomic E-state index is 0.651. The van der Waals surface area contributed by atoms with E-state index < -0.39 is 0 Å². The summed E-state index contributed by atoms with van der Waals surface area (Å²) in [6.07, 6.45) is 1.25. The van der Waals surface area contributed by atoms with Crippen molar-refractivity contribution in [3.63, 3.8) is 0 Å². The summed E-state index contributed by atoms with van der Waals surface area (Å²) < 4.78 is 13.7. The molecular formula is C22H29ClN4O2. The molecule has 0 aliphatic carbocycles. The first-order valence-electron chi connectivity index (χ1n) is 9.66. The van der Waals surface area contributed by atoms with Gasteiger partial charge in [-0.05, 0) is 50.0 Å². The molecule has 0 saturated heterocycles. The van der Waals surface area contributed by atoms with E-state index in [0.29, 0.717) is 24.0 Å². The summed E-state index contributed by atoms with van der Waals surface area (Å²) in [5, 5.41) is 4.00. The molecule has 0 unspecified atom stereocenters. The van der Waals surface area contributed by atoms with E-state index in [2.05, 4.69) is 29.1 Å². The van der Waals surface area contributed by atoms with Crippen LogP contribution in [0.4, 0.5) is 0 Å². The second-order valence-electron chi connectivity index (χ2n) is 6.10. The maximum Gasteiger partial charge on any atom is 0.129 e. The van der Waals surface area contributed by atoms with Gasteiger partial charge in [-0.15, -0.1) is 0 Å². The summed E-state index contributed by atoms with van der Waals surface area (Å²) >= 11 is 6.04. The molecule has 0 aliphatic heterocycles. The minimum absolute atomic E-state index is 0.651. The number of ether oxygens (including phenoxy) is 2. The van der Waals surface area contributed by atoms with Gasteiger partial charge in [-0.1, -0.05) is 31.2 Å². The minimum Gasteiger partial charge on any atom is -0.457 e. The van der Waals surface area contributed by atoms with Crippen molar-refractivity contribution in [1.82, 2.24) is 14.9 Å². The Kier molecular flexibility index (Phi) is 9.50. The van der Waals surface area contributed by atoms with Crippen LogP contribution in [0, 0.1) is 0 Å². The van der Waals surface area contributed by atoms with Crippen LogP contribution in [-0.4, -0.2) is 29.3 Å². The topological polar surface area (TPSA) is 74.3 Å². The Morgan fingerprint density at radius 3 is 2.66 bits per heavy atom. The second-order valence-corrected chi connectivity index (χ2v) is 6.54. The Bertz CT molecular complexity index is 911. The molecule has 156 valence electrons. The molecule has 0 saturated carbocycles. The van der Waals surface area contributed by atoms with Crippen LogP contribution in [0.15, 0.2) is 55.2 Å². The normalized spacial score (nSPS) is 10.4. The first kappa shape index (κ1) is 22.7. The lowest BCUT2D eigenvalue weighted by Crippen LogP contribution is -2.17. The van der Waals surface area contributed by atoms with Crippen LogP contribution in [0.25, 0.3) is 11.0 Å². The lowest BCUT2D eigenvalue weighted by Gasteiger charge is -2.11. The highest BCUT2D eigenvalue weighted by atomic mass is 35.5. The zero-order chi connectivity index (χ0) is 21.1. The summed E-state index contributed by atoms with van der Waals surface area (Å²) in [4.78, 5) is 4.76. The maximum atomic E-state index is 6.04. The number of fused-ring (bicyclic) bond motifs is 1. The third-order valence-electron chi connectivity index (χ3n) is 4.03. The van der Waals surface area contributed by atoms with Gasteiger partial charge in [-0.25, -0.2) is 4.98 Å². The predicted octanol–water partition coefficient (Wildman–Crippen LogP) is 4.72. The fourth-order valence-corrected chi connectivity index (χ4v) is 2.98. The van der Waals surface area contributed by atoms with Crippen LogP contribution in [-0.2, 0) is 17.8 Å². The Morgan fingerprint density at radius 1 is 1.21 bits per heavy atom. The molecule has 3 aromatic rings. The van der Waals surface area contributed by atoms with Crippen molar-refractivity contribution in [2.45, 2.75) is 26.9 Å². The lowest BCUT2D eigenvalue weighted by molar-refractivity contribution is 0.139. The Hall–Kier alpha value is -2.54. The van der Waals surface area contributed by atoms with Gasteiger partial charge in [0.25, 0.3) is 0 Å². The average Bonchev–Trinajstić information content (AvgIpc) is 3.04. The van der Waals surface area contributed by atoms with Gasteiger partial charge in [0, 0.05) is 24.2 Å². The maximum absolute atomic E-state index is 6.04. The van der Waals surface area contributed by atoms with E-state index in [0.717, 1.165) is 42.2 Å². The SMILES string of the molecule is C=CN.CCNCc1nc2ccc(Oc3cccc(Cl)c3)cc2n1CCOCC. The molecule has 0 bridgehead atoms. The molecule has 0 radical (unpaired) electrons. The van der Waals surface area contributed by atoms with Crippen LogP contribution in [0.1, 0.15) is 19.7 Å². The zero-order valence-electron chi connectivity index (χ0n) is 17.0. The molecular weight excluding hydrogens is 388 g/mol. The monoisotopic (exact) mass is 416 g/mol. The molecule has 0 amide bonds. The number of nitrogens with zero attached hydrogens (tertiary/aromatic N) is 2. The smallest absolute Gasteiger partial charge is 0.129 e. The van der Waals surface area contributed by atoms with Crippen molar-refractivity contribution in [1.29, 1.82) is 0 Å². The molecule has 0 spiro atoms. The molecule has 1 heterocycles. The highest BCUT2D eigenvalue weighted by Crippen LogP contribution is 2.28. The number of rotatable bonds is 9. The number of halogens is 1. The molecule has 3 rings (SSSR count). The highest BCUT2D eigenvalue weighted by molar-refractivity contribution is 6.30. The number of hydrogen-bond acceptors (Lipinski definition) is 5. The first-order chi connectivity index (χ1) is 14.1. The van der Waals surface area contributed by atoms with E-state index in [9.17, 15) is 0 Å². The van der Waals surface area contributed by atoms with E-state index in [1.165, 1.54) is 6.20 Å². The number of nitrogens with one attached hydrogen (secondary N) is 1. The highest BCUT2D eigenvalue weighted by Gasteiger charge is 2.12. The van der Waals surface area contributed by atoms with Crippen LogP contribution in [0.3, 0.4) is 0 Å². The van der Waals surface area contributed by atoms with Gasteiger partial charge in [0.15, 0.2) is 0 Å². The summed E-state index contributed by atoms with van der Waals surface area (Å²) in [7, 11) is 0. The largest absolute Gasteiger partial charge is 0.457 e. The van der Waals surface area contributed by atoms with Gasteiger partial charge in [0.1, 0.15) is 17.3 Å².